The summed E-state index contributed by atoms with van der Waals surface area (Å²) in [5, 5.41) is 4.50. The number of piperazine rings is 1. The third kappa shape index (κ3) is 3.95. The van der Waals surface area contributed by atoms with Gasteiger partial charge in [0.15, 0.2) is 0 Å². The molecular formula is C16H25ClN2. The molecule has 1 aliphatic rings. The zero-order valence-corrected chi connectivity index (χ0v) is 13.0. The lowest BCUT2D eigenvalue weighted by atomic mass is 9.98. The van der Waals surface area contributed by atoms with E-state index in [1.807, 2.05) is 12.1 Å². The highest BCUT2D eigenvalue weighted by molar-refractivity contribution is 6.30. The number of nitrogens with one attached hydrogen (secondary N) is 1. The minimum atomic E-state index is 0.607. The standard InChI is InChI=1S/C16H25ClN2/c1-4-15-9-18-16(12(2)3)11-19(15)10-13-5-7-14(17)8-6-13/h5-8,12,15-16,18H,4,9-11H2,1-3H3. The van der Waals surface area contributed by atoms with Crippen LogP contribution in [0, 0.1) is 5.92 Å². The molecule has 1 saturated heterocycles. The average molecular weight is 281 g/mol. The Morgan fingerprint density at radius 2 is 2.00 bits per heavy atom. The van der Waals surface area contributed by atoms with E-state index in [0.717, 1.165) is 24.7 Å². The lowest BCUT2D eigenvalue weighted by molar-refractivity contribution is 0.103. The van der Waals surface area contributed by atoms with Gasteiger partial charge in [-0.1, -0.05) is 44.5 Å². The number of benzene rings is 1. The molecule has 0 radical (unpaired) electrons. The molecule has 2 atom stereocenters. The maximum absolute atomic E-state index is 5.95. The zero-order chi connectivity index (χ0) is 13.8. The van der Waals surface area contributed by atoms with Crippen molar-refractivity contribution in [2.24, 2.45) is 5.92 Å². The minimum absolute atomic E-state index is 0.607. The number of rotatable bonds is 4. The van der Waals surface area contributed by atoms with Crippen molar-refractivity contribution in [3.63, 3.8) is 0 Å². The van der Waals surface area contributed by atoms with Crippen molar-refractivity contribution in [3.8, 4) is 0 Å². The van der Waals surface area contributed by atoms with E-state index in [-0.39, 0.29) is 0 Å². The number of nitrogens with zero attached hydrogens (tertiary/aromatic N) is 1. The maximum Gasteiger partial charge on any atom is 0.0406 e. The molecule has 0 saturated carbocycles. The highest BCUT2D eigenvalue weighted by atomic mass is 35.5. The first-order valence-electron chi connectivity index (χ1n) is 7.32. The van der Waals surface area contributed by atoms with Gasteiger partial charge in [0.05, 0.1) is 0 Å². The van der Waals surface area contributed by atoms with Gasteiger partial charge in [0.2, 0.25) is 0 Å². The van der Waals surface area contributed by atoms with Gasteiger partial charge < -0.3 is 5.32 Å². The largest absolute Gasteiger partial charge is 0.311 e. The van der Waals surface area contributed by atoms with Gasteiger partial charge in [0.1, 0.15) is 0 Å². The van der Waals surface area contributed by atoms with Crippen molar-refractivity contribution in [2.75, 3.05) is 13.1 Å². The lowest BCUT2D eigenvalue weighted by Crippen LogP contribution is -2.57. The van der Waals surface area contributed by atoms with E-state index in [1.165, 1.54) is 12.0 Å². The van der Waals surface area contributed by atoms with Crippen LogP contribution >= 0.6 is 11.6 Å². The molecule has 1 heterocycles. The van der Waals surface area contributed by atoms with Crippen LogP contribution in [0.25, 0.3) is 0 Å². The fourth-order valence-corrected chi connectivity index (χ4v) is 2.88. The molecule has 3 heteroatoms. The van der Waals surface area contributed by atoms with E-state index in [4.69, 9.17) is 11.6 Å². The monoisotopic (exact) mass is 280 g/mol. The normalized spacial score (nSPS) is 24.9. The van der Waals surface area contributed by atoms with Gasteiger partial charge >= 0.3 is 0 Å². The highest BCUT2D eigenvalue weighted by Crippen LogP contribution is 2.19. The molecule has 2 nitrogen and oxygen atoms in total. The SMILES string of the molecule is CCC1CNC(C(C)C)CN1Cc1ccc(Cl)cc1. The van der Waals surface area contributed by atoms with E-state index in [0.29, 0.717) is 18.0 Å². The minimum Gasteiger partial charge on any atom is -0.311 e. The number of hydrogen-bond acceptors (Lipinski definition) is 2. The predicted molar refractivity (Wildman–Crippen MR) is 82.6 cm³/mol. The van der Waals surface area contributed by atoms with Gasteiger partial charge in [0.25, 0.3) is 0 Å². The Kier molecular flexibility index (Phi) is 5.26. The van der Waals surface area contributed by atoms with E-state index in [1.54, 1.807) is 0 Å². The third-order valence-corrected chi connectivity index (χ3v) is 4.39. The molecule has 1 fully saturated rings. The van der Waals surface area contributed by atoms with Crippen LogP contribution in [0.15, 0.2) is 24.3 Å². The predicted octanol–water partition coefficient (Wildman–Crippen LogP) is 3.55. The van der Waals surface area contributed by atoms with Crippen LogP contribution in [-0.4, -0.2) is 30.1 Å². The summed E-state index contributed by atoms with van der Waals surface area (Å²) in [5.74, 6) is 0.686. The van der Waals surface area contributed by atoms with Gasteiger partial charge in [-0.05, 0) is 30.0 Å². The second kappa shape index (κ2) is 6.74. The first-order chi connectivity index (χ1) is 9.10. The summed E-state index contributed by atoms with van der Waals surface area (Å²) in [5.41, 5.74) is 1.35. The second-order valence-corrected chi connectivity index (χ2v) is 6.31. The van der Waals surface area contributed by atoms with E-state index < -0.39 is 0 Å². The van der Waals surface area contributed by atoms with Gasteiger partial charge in [-0.3, -0.25) is 4.90 Å². The van der Waals surface area contributed by atoms with Crippen LogP contribution in [0.1, 0.15) is 32.8 Å². The topological polar surface area (TPSA) is 15.3 Å². The van der Waals surface area contributed by atoms with Crippen molar-refractivity contribution in [2.45, 2.75) is 45.8 Å². The molecule has 106 valence electrons. The molecule has 0 bridgehead atoms. The molecule has 0 spiro atoms. The molecule has 1 aromatic rings. The summed E-state index contributed by atoms with van der Waals surface area (Å²) in [7, 11) is 0. The van der Waals surface area contributed by atoms with Gasteiger partial charge in [-0.2, -0.15) is 0 Å². The molecule has 2 rings (SSSR count). The van der Waals surface area contributed by atoms with Crippen molar-refractivity contribution in [3.05, 3.63) is 34.9 Å². The molecule has 2 unspecified atom stereocenters. The Bertz CT molecular complexity index is 388. The van der Waals surface area contributed by atoms with Crippen LogP contribution in [0.5, 0.6) is 0 Å². The van der Waals surface area contributed by atoms with Crippen molar-refractivity contribution in [1.82, 2.24) is 10.2 Å². The van der Waals surface area contributed by atoms with Crippen molar-refractivity contribution in [1.29, 1.82) is 0 Å². The Balaban J connectivity index is 2.03. The van der Waals surface area contributed by atoms with Gasteiger partial charge in [-0.15, -0.1) is 0 Å². The molecule has 1 N–H and O–H groups in total. The Hall–Kier alpha value is -0.570. The van der Waals surface area contributed by atoms with Crippen LogP contribution < -0.4 is 5.32 Å². The Labute approximate surface area is 122 Å². The molecule has 0 aliphatic carbocycles. The number of halogens is 1. The maximum atomic E-state index is 5.95. The summed E-state index contributed by atoms with van der Waals surface area (Å²) in [6.07, 6.45) is 1.20. The number of hydrogen-bond donors (Lipinski definition) is 1. The first kappa shape index (κ1) is 14.8. The van der Waals surface area contributed by atoms with Gasteiger partial charge in [-0.25, -0.2) is 0 Å². The Morgan fingerprint density at radius 1 is 1.32 bits per heavy atom. The zero-order valence-electron chi connectivity index (χ0n) is 12.2. The van der Waals surface area contributed by atoms with Crippen LogP contribution in [-0.2, 0) is 6.54 Å². The van der Waals surface area contributed by atoms with Crippen molar-refractivity contribution < 1.29 is 0 Å². The quantitative estimate of drug-likeness (QED) is 0.907. The molecule has 19 heavy (non-hydrogen) atoms. The second-order valence-electron chi connectivity index (χ2n) is 5.88. The fraction of sp³-hybridized carbons (Fsp3) is 0.625. The van der Waals surface area contributed by atoms with Gasteiger partial charge in [0, 0.05) is 36.7 Å². The third-order valence-electron chi connectivity index (χ3n) is 4.14. The van der Waals surface area contributed by atoms with Crippen LogP contribution in [0.3, 0.4) is 0 Å². The lowest BCUT2D eigenvalue weighted by Gasteiger charge is -2.41. The highest BCUT2D eigenvalue weighted by Gasteiger charge is 2.28. The smallest absolute Gasteiger partial charge is 0.0406 e. The van der Waals surface area contributed by atoms with Crippen LogP contribution in [0.2, 0.25) is 5.02 Å². The summed E-state index contributed by atoms with van der Waals surface area (Å²) in [4.78, 5) is 2.62. The summed E-state index contributed by atoms with van der Waals surface area (Å²) >= 11 is 5.95. The molecule has 1 aliphatic heterocycles. The first-order valence-corrected chi connectivity index (χ1v) is 7.69. The molecule has 0 amide bonds. The molecule has 0 aromatic heterocycles. The molecular weight excluding hydrogens is 256 g/mol. The molecule has 1 aromatic carbocycles. The Morgan fingerprint density at radius 3 is 2.58 bits per heavy atom. The summed E-state index contributed by atoms with van der Waals surface area (Å²) in [6, 6.07) is 9.50. The van der Waals surface area contributed by atoms with E-state index >= 15 is 0 Å². The summed E-state index contributed by atoms with van der Waals surface area (Å²) in [6.45, 7) is 10.1. The van der Waals surface area contributed by atoms with E-state index in [2.05, 4.69) is 43.1 Å². The van der Waals surface area contributed by atoms with E-state index in [9.17, 15) is 0 Å². The summed E-state index contributed by atoms with van der Waals surface area (Å²) < 4.78 is 0. The fourth-order valence-electron chi connectivity index (χ4n) is 2.75. The van der Waals surface area contributed by atoms with Crippen molar-refractivity contribution >= 4 is 11.6 Å². The average Bonchev–Trinajstić information content (AvgIpc) is 2.41. The van der Waals surface area contributed by atoms with Crippen LogP contribution in [0.4, 0.5) is 0 Å².